The molecule has 0 amide bonds. The average molecular weight is 287 g/mol. The Morgan fingerprint density at radius 1 is 0.864 bits per heavy atom. The van der Waals surface area contributed by atoms with Crippen LogP contribution in [-0.4, -0.2) is 19.9 Å². The van der Waals surface area contributed by atoms with Gasteiger partial charge in [0.2, 0.25) is 0 Å². The first-order chi connectivity index (χ1) is 10.8. The molecule has 106 valence electrons. The number of H-pyrrole nitrogens is 1. The van der Waals surface area contributed by atoms with Crippen molar-refractivity contribution in [3.63, 3.8) is 0 Å². The minimum atomic E-state index is 0.489. The lowest BCUT2D eigenvalue weighted by Gasteiger charge is -2.01. The van der Waals surface area contributed by atoms with E-state index in [4.69, 9.17) is 5.73 Å². The molecule has 3 N–H and O–H groups in total. The molecule has 4 aromatic rings. The van der Waals surface area contributed by atoms with Gasteiger partial charge in [0.1, 0.15) is 11.6 Å². The first-order valence-corrected chi connectivity index (χ1v) is 6.93. The molecular formula is C17H13N5. The van der Waals surface area contributed by atoms with E-state index in [1.807, 2.05) is 30.3 Å². The SMILES string of the molecule is Nc1ccc(-c2nc3nccc(-c4ccccc4)c3[nH]2)cn1. The second-order valence-electron chi connectivity index (χ2n) is 4.98. The monoisotopic (exact) mass is 287 g/mol. The molecule has 0 fully saturated rings. The molecule has 4 rings (SSSR count). The maximum Gasteiger partial charge on any atom is 0.178 e. The molecule has 0 saturated heterocycles. The van der Waals surface area contributed by atoms with Crippen molar-refractivity contribution in [2.24, 2.45) is 0 Å². The molecule has 0 atom stereocenters. The highest BCUT2D eigenvalue weighted by atomic mass is 15.0. The molecule has 0 bridgehead atoms. The second kappa shape index (κ2) is 4.96. The molecule has 3 heterocycles. The van der Waals surface area contributed by atoms with Crippen LogP contribution in [0.4, 0.5) is 5.82 Å². The van der Waals surface area contributed by atoms with Gasteiger partial charge in [-0.1, -0.05) is 30.3 Å². The zero-order valence-corrected chi connectivity index (χ0v) is 11.7. The molecule has 0 aliphatic heterocycles. The second-order valence-corrected chi connectivity index (χ2v) is 4.98. The number of hydrogen-bond donors (Lipinski definition) is 2. The predicted molar refractivity (Wildman–Crippen MR) is 87.0 cm³/mol. The fraction of sp³-hybridized carbons (Fsp3) is 0. The zero-order valence-electron chi connectivity index (χ0n) is 11.7. The van der Waals surface area contributed by atoms with Gasteiger partial charge in [0.15, 0.2) is 5.65 Å². The Hall–Kier alpha value is -3.21. The normalized spacial score (nSPS) is 10.9. The van der Waals surface area contributed by atoms with Gasteiger partial charge in [0.25, 0.3) is 0 Å². The van der Waals surface area contributed by atoms with E-state index in [9.17, 15) is 0 Å². The van der Waals surface area contributed by atoms with Crippen molar-refractivity contribution in [3.8, 4) is 22.5 Å². The van der Waals surface area contributed by atoms with Gasteiger partial charge in [0.05, 0.1) is 5.52 Å². The number of imidazole rings is 1. The Morgan fingerprint density at radius 3 is 2.50 bits per heavy atom. The Morgan fingerprint density at radius 2 is 1.73 bits per heavy atom. The van der Waals surface area contributed by atoms with Crippen molar-refractivity contribution in [2.45, 2.75) is 0 Å². The summed E-state index contributed by atoms with van der Waals surface area (Å²) in [5, 5.41) is 0. The van der Waals surface area contributed by atoms with Crippen LogP contribution in [0, 0.1) is 0 Å². The van der Waals surface area contributed by atoms with Gasteiger partial charge in [-0.05, 0) is 23.8 Å². The quantitative estimate of drug-likeness (QED) is 0.593. The summed E-state index contributed by atoms with van der Waals surface area (Å²) in [6.07, 6.45) is 3.48. The van der Waals surface area contributed by atoms with Crippen molar-refractivity contribution >= 4 is 17.0 Å². The third kappa shape index (κ3) is 2.09. The molecule has 3 aromatic heterocycles. The van der Waals surface area contributed by atoms with Gasteiger partial charge in [-0.2, -0.15) is 0 Å². The van der Waals surface area contributed by atoms with Gasteiger partial charge in [-0.15, -0.1) is 0 Å². The van der Waals surface area contributed by atoms with Gasteiger partial charge < -0.3 is 10.7 Å². The number of hydrogen-bond acceptors (Lipinski definition) is 4. The molecule has 5 heteroatoms. The number of pyridine rings is 2. The average Bonchev–Trinajstić information content (AvgIpc) is 3.00. The summed E-state index contributed by atoms with van der Waals surface area (Å²) in [5.41, 5.74) is 10.3. The fourth-order valence-corrected chi connectivity index (χ4v) is 2.45. The van der Waals surface area contributed by atoms with Gasteiger partial charge in [-0.3, -0.25) is 0 Å². The van der Waals surface area contributed by atoms with E-state index in [0.29, 0.717) is 11.5 Å². The van der Waals surface area contributed by atoms with Gasteiger partial charge >= 0.3 is 0 Å². The van der Waals surface area contributed by atoms with Crippen LogP contribution in [0.25, 0.3) is 33.7 Å². The lowest BCUT2D eigenvalue weighted by Crippen LogP contribution is -1.89. The highest BCUT2D eigenvalue weighted by molar-refractivity contribution is 5.91. The Balaban J connectivity index is 1.89. The van der Waals surface area contributed by atoms with Crippen LogP contribution in [0.3, 0.4) is 0 Å². The molecule has 0 aliphatic carbocycles. The summed E-state index contributed by atoms with van der Waals surface area (Å²) in [6, 6.07) is 15.8. The number of aromatic nitrogens is 4. The van der Waals surface area contributed by atoms with Crippen LogP contribution >= 0.6 is 0 Å². The van der Waals surface area contributed by atoms with Crippen molar-refractivity contribution in [1.82, 2.24) is 19.9 Å². The lowest BCUT2D eigenvalue weighted by atomic mass is 10.1. The highest BCUT2D eigenvalue weighted by Crippen LogP contribution is 2.28. The molecule has 0 radical (unpaired) electrons. The smallest absolute Gasteiger partial charge is 0.178 e. The first-order valence-electron chi connectivity index (χ1n) is 6.93. The zero-order chi connectivity index (χ0) is 14.9. The molecule has 1 aromatic carbocycles. The van der Waals surface area contributed by atoms with Crippen molar-refractivity contribution < 1.29 is 0 Å². The van der Waals surface area contributed by atoms with Gasteiger partial charge in [0, 0.05) is 23.5 Å². The maximum absolute atomic E-state index is 5.63. The van der Waals surface area contributed by atoms with E-state index < -0.39 is 0 Å². The molecule has 22 heavy (non-hydrogen) atoms. The molecule has 5 nitrogen and oxygen atoms in total. The number of nitrogen functional groups attached to an aromatic ring is 1. The fourth-order valence-electron chi connectivity index (χ4n) is 2.45. The Labute approximate surface area is 126 Å². The standard InChI is InChI=1S/C17H13N5/c18-14-7-6-12(10-20-14)16-21-15-13(8-9-19-17(15)22-16)11-4-2-1-3-5-11/h1-10H,(H2,18,20)(H,19,21,22). The summed E-state index contributed by atoms with van der Waals surface area (Å²) in [4.78, 5) is 16.3. The van der Waals surface area contributed by atoms with Crippen molar-refractivity contribution in [2.75, 3.05) is 5.73 Å². The number of nitrogens with two attached hydrogens (primary N) is 1. The largest absolute Gasteiger partial charge is 0.384 e. The third-order valence-electron chi connectivity index (χ3n) is 3.54. The van der Waals surface area contributed by atoms with Crippen molar-refractivity contribution in [1.29, 1.82) is 0 Å². The number of nitrogens with one attached hydrogen (secondary N) is 1. The number of rotatable bonds is 2. The summed E-state index contributed by atoms with van der Waals surface area (Å²) < 4.78 is 0. The summed E-state index contributed by atoms with van der Waals surface area (Å²) >= 11 is 0. The van der Waals surface area contributed by atoms with Crippen LogP contribution in [0.5, 0.6) is 0 Å². The summed E-state index contributed by atoms with van der Waals surface area (Å²) in [7, 11) is 0. The minimum Gasteiger partial charge on any atom is -0.384 e. The Kier molecular flexibility index (Phi) is 2.83. The highest BCUT2D eigenvalue weighted by Gasteiger charge is 2.11. The molecular weight excluding hydrogens is 274 g/mol. The van der Waals surface area contributed by atoms with E-state index in [1.54, 1.807) is 18.5 Å². The first kappa shape index (κ1) is 12.5. The van der Waals surface area contributed by atoms with Gasteiger partial charge in [-0.25, -0.2) is 15.0 Å². The number of fused-ring (bicyclic) bond motifs is 1. The van der Waals surface area contributed by atoms with Crippen LogP contribution in [0.2, 0.25) is 0 Å². The van der Waals surface area contributed by atoms with Crippen LogP contribution in [0.1, 0.15) is 0 Å². The van der Waals surface area contributed by atoms with Crippen LogP contribution < -0.4 is 5.73 Å². The number of aromatic amines is 1. The molecule has 0 saturated carbocycles. The van der Waals surface area contributed by atoms with Crippen LogP contribution in [0.15, 0.2) is 60.9 Å². The molecule has 0 spiro atoms. The minimum absolute atomic E-state index is 0.489. The maximum atomic E-state index is 5.63. The van der Waals surface area contributed by atoms with E-state index in [-0.39, 0.29) is 0 Å². The topological polar surface area (TPSA) is 80.5 Å². The van der Waals surface area contributed by atoms with Crippen molar-refractivity contribution in [3.05, 3.63) is 60.9 Å². The number of nitrogens with zero attached hydrogens (tertiary/aromatic N) is 3. The molecule has 0 aliphatic rings. The number of benzene rings is 1. The summed E-state index contributed by atoms with van der Waals surface area (Å²) in [6.45, 7) is 0. The van der Waals surface area contributed by atoms with E-state index in [2.05, 4.69) is 32.1 Å². The lowest BCUT2D eigenvalue weighted by molar-refractivity contribution is 1.27. The Bertz CT molecular complexity index is 926. The third-order valence-corrected chi connectivity index (χ3v) is 3.54. The van der Waals surface area contributed by atoms with Crippen LogP contribution in [-0.2, 0) is 0 Å². The van der Waals surface area contributed by atoms with E-state index in [1.165, 1.54) is 0 Å². The number of anilines is 1. The summed E-state index contributed by atoms with van der Waals surface area (Å²) in [5.74, 6) is 1.22. The van der Waals surface area contributed by atoms with E-state index >= 15 is 0 Å². The van der Waals surface area contributed by atoms with E-state index in [0.717, 1.165) is 28.0 Å². The molecule has 0 unspecified atom stereocenters. The predicted octanol–water partition coefficient (Wildman–Crippen LogP) is 3.27.